The number of amides is 1. The molecule has 0 saturated heterocycles. The summed E-state index contributed by atoms with van der Waals surface area (Å²) in [5.41, 5.74) is 3.39. The molecule has 0 aliphatic heterocycles. The minimum Gasteiger partial charge on any atom is -0.495 e. The number of carbonyl (C=O) groups is 1. The molecule has 4 aromatic rings. The van der Waals surface area contributed by atoms with Crippen molar-refractivity contribution in [3.05, 3.63) is 76.3 Å². The van der Waals surface area contributed by atoms with Crippen molar-refractivity contribution < 1.29 is 9.53 Å². The number of benzene rings is 3. The largest absolute Gasteiger partial charge is 0.495 e. The number of carbonyl (C=O) groups excluding carboxylic acids is 1. The molecule has 0 radical (unpaired) electrons. The Balaban J connectivity index is 1.71. The van der Waals surface area contributed by atoms with E-state index in [9.17, 15) is 4.79 Å². The summed E-state index contributed by atoms with van der Waals surface area (Å²) in [5.74, 6) is 0.832. The number of nitrogens with one attached hydrogen (secondary N) is 2. The first-order valence-electron chi connectivity index (χ1n) is 8.45. The van der Waals surface area contributed by atoms with Crippen LogP contribution in [0.1, 0.15) is 10.4 Å². The zero-order chi connectivity index (χ0) is 19.7. The average molecular weight is 412 g/mol. The number of ether oxygens (including phenoxy) is 1. The zero-order valence-corrected chi connectivity index (χ0v) is 16.3. The third kappa shape index (κ3) is 3.42. The molecule has 0 bridgehead atoms. The van der Waals surface area contributed by atoms with E-state index in [0.29, 0.717) is 22.3 Å². The number of fused-ring (bicyclic) bond motifs is 1. The first-order valence-corrected chi connectivity index (χ1v) is 9.21. The first-order chi connectivity index (χ1) is 13.6. The van der Waals surface area contributed by atoms with E-state index in [2.05, 4.69) is 15.3 Å². The van der Waals surface area contributed by atoms with Gasteiger partial charge in [-0.2, -0.15) is 0 Å². The smallest absolute Gasteiger partial charge is 0.257 e. The molecule has 0 atom stereocenters. The van der Waals surface area contributed by atoms with Crippen LogP contribution in [-0.4, -0.2) is 23.0 Å². The monoisotopic (exact) mass is 411 g/mol. The van der Waals surface area contributed by atoms with Crippen LogP contribution >= 0.6 is 23.2 Å². The van der Waals surface area contributed by atoms with E-state index in [4.69, 9.17) is 27.9 Å². The molecule has 1 aromatic heterocycles. The fourth-order valence-electron chi connectivity index (χ4n) is 2.91. The van der Waals surface area contributed by atoms with E-state index in [1.54, 1.807) is 30.3 Å². The van der Waals surface area contributed by atoms with Gasteiger partial charge in [-0.3, -0.25) is 4.79 Å². The van der Waals surface area contributed by atoms with Crippen LogP contribution in [0.25, 0.3) is 22.4 Å². The van der Waals surface area contributed by atoms with E-state index in [-0.39, 0.29) is 16.5 Å². The summed E-state index contributed by atoms with van der Waals surface area (Å²) in [7, 11) is 1.54. The Bertz CT molecular complexity index is 1150. The molecule has 0 spiro atoms. The van der Waals surface area contributed by atoms with Crippen molar-refractivity contribution in [2.45, 2.75) is 0 Å². The molecular formula is C21H15Cl2N3O2. The Morgan fingerprint density at radius 1 is 1.07 bits per heavy atom. The second kappa shape index (κ2) is 7.54. The van der Waals surface area contributed by atoms with Crippen LogP contribution in [0.2, 0.25) is 10.0 Å². The van der Waals surface area contributed by atoms with E-state index in [0.717, 1.165) is 16.6 Å². The van der Waals surface area contributed by atoms with Crippen LogP contribution < -0.4 is 10.1 Å². The van der Waals surface area contributed by atoms with Gasteiger partial charge in [-0.05, 0) is 42.5 Å². The number of H-pyrrole nitrogens is 1. The Morgan fingerprint density at radius 2 is 1.89 bits per heavy atom. The number of hydrogen-bond donors (Lipinski definition) is 2. The summed E-state index contributed by atoms with van der Waals surface area (Å²) in [6.45, 7) is 0. The van der Waals surface area contributed by atoms with Crippen molar-refractivity contribution in [1.29, 1.82) is 0 Å². The van der Waals surface area contributed by atoms with Crippen molar-refractivity contribution in [3.63, 3.8) is 0 Å². The lowest BCUT2D eigenvalue weighted by Gasteiger charge is -2.12. The number of rotatable bonds is 4. The fourth-order valence-corrected chi connectivity index (χ4v) is 3.30. The number of imidazole rings is 1. The molecule has 4 rings (SSSR count). The minimum absolute atomic E-state index is 0.203. The van der Waals surface area contributed by atoms with Crippen LogP contribution in [0.4, 0.5) is 5.69 Å². The average Bonchev–Trinajstić information content (AvgIpc) is 3.14. The van der Waals surface area contributed by atoms with Gasteiger partial charge in [-0.1, -0.05) is 41.4 Å². The molecule has 28 heavy (non-hydrogen) atoms. The van der Waals surface area contributed by atoms with Crippen LogP contribution in [0.3, 0.4) is 0 Å². The predicted molar refractivity (Wildman–Crippen MR) is 112 cm³/mol. The van der Waals surface area contributed by atoms with Crippen LogP contribution in [0.5, 0.6) is 5.75 Å². The van der Waals surface area contributed by atoms with Crippen molar-refractivity contribution in [3.8, 4) is 17.1 Å². The minimum atomic E-state index is -0.382. The van der Waals surface area contributed by atoms with E-state index >= 15 is 0 Å². The summed E-state index contributed by atoms with van der Waals surface area (Å²) >= 11 is 12.2. The number of nitrogens with zero attached hydrogens (tertiary/aromatic N) is 1. The SMILES string of the molecule is COc1ccc(-c2nc3ccccc3[nH]2)cc1NC(=O)c1cccc(Cl)c1Cl. The zero-order valence-electron chi connectivity index (χ0n) is 14.8. The highest BCUT2D eigenvalue weighted by atomic mass is 35.5. The number of aromatic amines is 1. The molecule has 2 N–H and O–H groups in total. The van der Waals surface area contributed by atoms with Crippen molar-refractivity contribution in [2.75, 3.05) is 12.4 Å². The molecule has 1 heterocycles. The summed E-state index contributed by atoms with van der Waals surface area (Å²) in [6, 6.07) is 18.1. The number of anilines is 1. The lowest BCUT2D eigenvalue weighted by molar-refractivity contribution is 0.102. The molecule has 1 amide bonds. The van der Waals surface area contributed by atoms with Gasteiger partial charge >= 0.3 is 0 Å². The van der Waals surface area contributed by atoms with Crippen LogP contribution in [0, 0.1) is 0 Å². The third-order valence-electron chi connectivity index (χ3n) is 4.31. The standard InChI is InChI=1S/C21H15Cl2N3O2/c1-28-18-10-9-12(20-24-15-7-2-3-8-16(15)25-20)11-17(18)26-21(27)13-5-4-6-14(22)19(13)23/h2-11H,1H3,(H,24,25)(H,26,27). The molecule has 0 unspecified atom stereocenters. The summed E-state index contributed by atoms with van der Waals surface area (Å²) in [5, 5.41) is 3.36. The maximum atomic E-state index is 12.7. The highest BCUT2D eigenvalue weighted by Crippen LogP contribution is 2.32. The lowest BCUT2D eigenvalue weighted by atomic mass is 10.1. The summed E-state index contributed by atoms with van der Waals surface area (Å²) < 4.78 is 5.38. The van der Waals surface area contributed by atoms with E-state index < -0.39 is 0 Å². The first kappa shape index (κ1) is 18.3. The topological polar surface area (TPSA) is 67.0 Å². The molecule has 0 fully saturated rings. The molecular weight excluding hydrogens is 397 g/mol. The van der Waals surface area contributed by atoms with Gasteiger partial charge in [0.2, 0.25) is 0 Å². The molecule has 3 aromatic carbocycles. The van der Waals surface area contributed by atoms with Gasteiger partial charge in [0.25, 0.3) is 5.91 Å². The lowest BCUT2D eigenvalue weighted by Crippen LogP contribution is -2.13. The summed E-state index contributed by atoms with van der Waals surface area (Å²) in [4.78, 5) is 20.6. The highest BCUT2D eigenvalue weighted by Gasteiger charge is 2.16. The van der Waals surface area contributed by atoms with Crippen LogP contribution in [0.15, 0.2) is 60.7 Å². The van der Waals surface area contributed by atoms with Crippen molar-refractivity contribution in [2.24, 2.45) is 0 Å². The normalized spacial score (nSPS) is 10.8. The molecule has 0 saturated carbocycles. The van der Waals surface area contributed by atoms with Gasteiger partial charge in [0.05, 0.1) is 39.4 Å². The Hall–Kier alpha value is -3.02. The Morgan fingerprint density at radius 3 is 2.68 bits per heavy atom. The fraction of sp³-hybridized carbons (Fsp3) is 0.0476. The molecule has 0 aliphatic rings. The number of aromatic nitrogens is 2. The third-order valence-corrected chi connectivity index (χ3v) is 5.13. The Kier molecular flexibility index (Phi) is 4.94. The quantitative estimate of drug-likeness (QED) is 0.445. The van der Waals surface area contributed by atoms with Gasteiger partial charge in [-0.25, -0.2) is 4.98 Å². The molecule has 140 valence electrons. The van der Waals surface area contributed by atoms with E-state index in [1.165, 1.54) is 7.11 Å². The molecule has 5 nitrogen and oxygen atoms in total. The maximum absolute atomic E-state index is 12.7. The van der Waals surface area contributed by atoms with Crippen molar-refractivity contribution in [1.82, 2.24) is 9.97 Å². The van der Waals surface area contributed by atoms with Crippen LogP contribution in [-0.2, 0) is 0 Å². The van der Waals surface area contributed by atoms with Gasteiger partial charge < -0.3 is 15.0 Å². The second-order valence-electron chi connectivity index (χ2n) is 6.07. The number of hydrogen-bond acceptors (Lipinski definition) is 3. The molecule has 0 aliphatic carbocycles. The Labute approximate surface area is 171 Å². The van der Waals surface area contributed by atoms with Gasteiger partial charge in [0, 0.05) is 5.56 Å². The van der Waals surface area contributed by atoms with Crippen molar-refractivity contribution >= 4 is 45.8 Å². The second-order valence-corrected chi connectivity index (χ2v) is 6.86. The summed E-state index contributed by atoms with van der Waals surface area (Å²) in [6.07, 6.45) is 0. The van der Waals surface area contributed by atoms with Gasteiger partial charge in [-0.15, -0.1) is 0 Å². The predicted octanol–water partition coefficient (Wildman–Crippen LogP) is 5.80. The highest BCUT2D eigenvalue weighted by molar-refractivity contribution is 6.44. The number of halogens is 2. The maximum Gasteiger partial charge on any atom is 0.257 e. The number of para-hydroxylation sites is 2. The number of methoxy groups -OCH3 is 1. The van der Waals surface area contributed by atoms with Gasteiger partial charge in [0.1, 0.15) is 11.6 Å². The van der Waals surface area contributed by atoms with E-state index in [1.807, 2.05) is 30.3 Å². The molecule has 7 heteroatoms. The van der Waals surface area contributed by atoms with Gasteiger partial charge in [0.15, 0.2) is 0 Å².